The van der Waals surface area contributed by atoms with E-state index in [-0.39, 0.29) is 17.9 Å². The molecule has 6 heteroatoms. The van der Waals surface area contributed by atoms with E-state index >= 15 is 0 Å². The van der Waals surface area contributed by atoms with Gasteiger partial charge in [0.05, 0.1) is 11.1 Å². The standard InChI is InChI=1S/C28H38N4O2/c1-2-20-11-8-9-17-31(20)18-10-16-29-27(33)25-22-14-6-7-15-24(22)30-26-23(25)19-32(28(26)34)21-12-4-3-5-13-21/h6-7,14-15,20-21H,2-5,8-13,16-19H2,1H3,(H,29,33)/t20-/m1/s1. The molecule has 1 saturated heterocycles. The van der Waals surface area contributed by atoms with E-state index in [1.54, 1.807) is 0 Å². The minimum Gasteiger partial charge on any atom is -0.352 e. The van der Waals surface area contributed by atoms with E-state index in [0.29, 0.717) is 30.4 Å². The van der Waals surface area contributed by atoms with Gasteiger partial charge in [-0.1, -0.05) is 50.8 Å². The summed E-state index contributed by atoms with van der Waals surface area (Å²) in [5.74, 6) is -0.0729. The molecule has 34 heavy (non-hydrogen) atoms. The van der Waals surface area contributed by atoms with Gasteiger partial charge in [-0.05, 0) is 51.1 Å². The summed E-state index contributed by atoms with van der Waals surface area (Å²) in [5.41, 5.74) is 2.67. The molecule has 1 atom stereocenters. The highest BCUT2D eigenvalue weighted by Crippen LogP contribution is 2.34. The Bertz CT molecular complexity index is 1050. The number of benzene rings is 1. The van der Waals surface area contributed by atoms with E-state index in [2.05, 4.69) is 17.1 Å². The second kappa shape index (κ2) is 10.4. The first-order valence-electron chi connectivity index (χ1n) is 13.4. The van der Waals surface area contributed by atoms with Crippen LogP contribution in [0.1, 0.15) is 97.5 Å². The first kappa shape index (κ1) is 23.3. The van der Waals surface area contributed by atoms with Crippen LogP contribution in [0.25, 0.3) is 10.9 Å². The van der Waals surface area contributed by atoms with E-state index < -0.39 is 0 Å². The molecular weight excluding hydrogens is 424 g/mol. The highest BCUT2D eigenvalue weighted by Gasteiger charge is 2.38. The van der Waals surface area contributed by atoms with Crippen LogP contribution in [0.3, 0.4) is 0 Å². The highest BCUT2D eigenvalue weighted by molar-refractivity contribution is 6.11. The Balaban J connectivity index is 1.33. The summed E-state index contributed by atoms with van der Waals surface area (Å²) in [4.78, 5) is 36.1. The van der Waals surface area contributed by atoms with E-state index in [4.69, 9.17) is 4.98 Å². The Kier molecular flexibility index (Phi) is 7.14. The third-order valence-electron chi connectivity index (χ3n) is 8.16. The molecule has 1 aromatic carbocycles. The number of amides is 2. The first-order chi connectivity index (χ1) is 16.7. The summed E-state index contributed by atoms with van der Waals surface area (Å²) < 4.78 is 0. The van der Waals surface area contributed by atoms with E-state index in [1.807, 2.05) is 29.2 Å². The van der Waals surface area contributed by atoms with Crippen molar-refractivity contribution in [3.05, 3.63) is 41.1 Å². The predicted molar refractivity (Wildman–Crippen MR) is 135 cm³/mol. The summed E-state index contributed by atoms with van der Waals surface area (Å²) >= 11 is 0. The summed E-state index contributed by atoms with van der Waals surface area (Å²) in [7, 11) is 0. The van der Waals surface area contributed by atoms with Gasteiger partial charge in [0.2, 0.25) is 0 Å². The van der Waals surface area contributed by atoms with Crippen LogP contribution in [-0.4, -0.2) is 58.3 Å². The smallest absolute Gasteiger partial charge is 0.273 e. The van der Waals surface area contributed by atoms with Gasteiger partial charge in [0.1, 0.15) is 5.69 Å². The van der Waals surface area contributed by atoms with E-state index in [1.165, 1.54) is 51.5 Å². The molecule has 5 rings (SSSR count). The number of nitrogens with zero attached hydrogens (tertiary/aromatic N) is 3. The lowest BCUT2D eigenvalue weighted by Crippen LogP contribution is -2.40. The van der Waals surface area contributed by atoms with Crippen molar-refractivity contribution in [2.24, 2.45) is 0 Å². The normalized spacial score (nSPS) is 21.7. The molecule has 182 valence electrons. The third kappa shape index (κ3) is 4.57. The molecule has 0 unspecified atom stereocenters. The van der Waals surface area contributed by atoms with Crippen molar-refractivity contribution >= 4 is 22.7 Å². The number of carbonyl (C=O) groups excluding carboxylic acids is 2. The number of rotatable bonds is 7. The molecule has 6 nitrogen and oxygen atoms in total. The molecule has 2 aromatic rings. The molecule has 2 amide bonds. The van der Waals surface area contributed by atoms with E-state index in [0.717, 1.165) is 42.3 Å². The van der Waals surface area contributed by atoms with Crippen LogP contribution in [0.5, 0.6) is 0 Å². The van der Waals surface area contributed by atoms with E-state index in [9.17, 15) is 9.59 Å². The number of piperidine rings is 1. The summed E-state index contributed by atoms with van der Waals surface area (Å²) in [6, 6.07) is 8.70. The average Bonchev–Trinajstić information content (AvgIpc) is 3.21. The van der Waals surface area contributed by atoms with Crippen molar-refractivity contribution in [3.8, 4) is 0 Å². The van der Waals surface area contributed by atoms with Gasteiger partial charge in [-0.25, -0.2) is 4.98 Å². The molecule has 2 fully saturated rings. The maximum atomic E-state index is 13.5. The van der Waals surface area contributed by atoms with Crippen molar-refractivity contribution in [1.29, 1.82) is 0 Å². The molecular formula is C28H38N4O2. The summed E-state index contributed by atoms with van der Waals surface area (Å²) in [6.45, 7) is 5.64. The Labute approximate surface area is 203 Å². The van der Waals surface area contributed by atoms with Crippen molar-refractivity contribution < 1.29 is 9.59 Å². The molecule has 1 aliphatic carbocycles. The Morgan fingerprint density at radius 3 is 2.71 bits per heavy atom. The molecule has 3 aliphatic rings. The number of likely N-dealkylation sites (tertiary alicyclic amines) is 1. The second-order valence-electron chi connectivity index (χ2n) is 10.3. The number of pyridine rings is 1. The molecule has 3 heterocycles. The van der Waals surface area contributed by atoms with Gasteiger partial charge >= 0.3 is 0 Å². The van der Waals surface area contributed by atoms with Crippen LogP contribution in [0.2, 0.25) is 0 Å². The zero-order valence-corrected chi connectivity index (χ0v) is 20.5. The fourth-order valence-corrected chi connectivity index (χ4v) is 6.30. The number of nitrogens with one attached hydrogen (secondary N) is 1. The average molecular weight is 463 g/mol. The van der Waals surface area contributed by atoms with Gasteiger partial charge in [0.15, 0.2) is 0 Å². The summed E-state index contributed by atoms with van der Waals surface area (Å²) in [6.07, 6.45) is 11.7. The van der Waals surface area contributed by atoms with Crippen LogP contribution in [0.15, 0.2) is 24.3 Å². The van der Waals surface area contributed by atoms with Gasteiger partial charge < -0.3 is 15.1 Å². The number of aromatic nitrogens is 1. The number of hydrogen-bond donors (Lipinski definition) is 1. The molecule has 1 saturated carbocycles. The minimum absolute atomic E-state index is 0.00240. The SMILES string of the molecule is CC[C@@H]1CCCCN1CCCNC(=O)c1c2c(nc3ccccc13)C(=O)N(C1CCCCC1)C2. The molecule has 1 aromatic heterocycles. The number of para-hydroxylation sites is 1. The van der Waals surface area contributed by atoms with Crippen LogP contribution >= 0.6 is 0 Å². The zero-order chi connectivity index (χ0) is 23.5. The fourth-order valence-electron chi connectivity index (χ4n) is 6.30. The number of hydrogen-bond acceptors (Lipinski definition) is 4. The van der Waals surface area contributed by atoms with Crippen molar-refractivity contribution in [2.45, 2.75) is 89.8 Å². The Hall–Kier alpha value is -2.47. The quantitative estimate of drug-likeness (QED) is 0.594. The van der Waals surface area contributed by atoms with Crippen LogP contribution in [-0.2, 0) is 6.54 Å². The fraction of sp³-hybridized carbons (Fsp3) is 0.607. The Morgan fingerprint density at radius 1 is 1.09 bits per heavy atom. The number of carbonyl (C=O) groups is 2. The maximum Gasteiger partial charge on any atom is 0.273 e. The van der Waals surface area contributed by atoms with Crippen molar-refractivity contribution in [1.82, 2.24) is 20.1 Å². The number of fused-ring (bicyclic) bond motifs is 2. The van der Waals surface area contributed by atoms with Gasteiger partial charge in [0.25, 0.3) is 11.8 Å². The molecule has 1 N–H and O–H groups in total. The summed E-state index contributed by atoms with van der Waals surface area (Å²) in [5, 5.41) is 4.03. The highest BCUT2D eigenvalue weighted by atomic mass is 16.2. The van der Waals surface area contributed by atoms with Crippen LogP contribution < -0.4 is 5.32 Å². The van der Waals surface area contributed by atoms with Crippen molar-refractivity contribution in [3.63, 3.8) is 0 Å². The largest absolute Gasteiger partial charge is 0.352 e. The molecule has 0 bridgehead atoms. The first-order valence-corrected chi connectivity index (χ1v) is 13.4. The van der Waals surface area contributed by atoms with Crippen LogP contribution in [0, 0.1) is 0 Å². The molecule has 2 aliphatic heterocycles. The zero-order valence-electron chi connectivity index (χ0n) is 20.5. The lowest BCUT2D eigenvalue weighted by molar-refractivity contribution is 0.0655. The van der Waals surface area contributed by atoms with Gasteiger partial charge in [-0.2, -0.15) is 0 Å². The third-order valence-corrected chi connectivity index (χ3v) is 8.16. The molecule has 0 radical (unpaired) electrons. The van der Waals surface area contributed by atoms with Gasteiger partial charge in [0, 0.05) is 42.7 Å². The van der Waals surface area contributed by atoms with Crippen LogP contribution in [0.4, 0.5) is 0 Å². The topological polar surface area (TPSA) is 65.5 Å². The van der Waals surface area contributed by atoms with Crippen molar-refractivity contribution in [2.75, 3.05) is 19.6 Å². The monoisotopic (exact) mass is 462 g/mol. The Morgan fingerprint density at radius 2 is 1.88 bits per heavy atom. The lowest BCUT2D eigenvalue weighted by atomic mass is 9.94. The second-order valence-corrected chi connectivity index (χ2v) is 10.3. The maximum absolute atomic E-state index is 13.5. The van der Waals surface area contributed by atoms with Gasteiger partial charge in [-0.15, -0.1) is 0 Å². The molecule has 0 spiro atoms. The predicted octanol–water partition coefficient (Wildman–Crippen LogP) is 4.91. The van der Waals surface area contributed by atoms with Gasteiger partial charge in [-0.3, -0.25) is 9.59 Å². The minimum atomic E-state index is -0.0705. The lowest BCUT2D eigenvalue weighted by Gasteiger charge is -2.35.